The van der Waals surface area contributed by atoms with Crippen molar-refractivity contribution in [3.8, 4) is 5.75 Å². The fourth-order valence-electron chi connectivity index (χ4n) is 1.70. The Morgan fingerprint density at radius 3 is 2.80 bits per heavy atom. The van der Waals surface area contributed by atoms with Crippen molar-refractivity contribution in [1.82, 2.24) is 5.32 Å². The molecule has 0 aromatic heterocycles. The highest BCUT2D eigenvalue weighted by atomic mass is 79.9. The summed E-state index contributed by atoms with van der Waals surface area (Å²) in [6.07, 6.45) is 0. The third-order valence-electron chi connectivity index (χ3n) is 2.77. The van der Waals surface area contributed by atoms with Crippen LogP contribution in [-0.2, 0) is 6.54 Å². The Labute approximate surface area is 131 Å². The zero-order valence-electron chi connectivity index (χ0n) is 10.8. The molecule has 20 heavy (non-hydrogen) atoms. The lowest BCUT2D eigenvalue weighted by Gasteiger charge is -2.07. The maximum atomic E-state index is 12.0. The molecule has 0 heterocycles. The van der Waals surface area contributed by atoms with Crippen LogP contribution < -0.4 is 10.1 Å². The Hall–Kier alpha value is -1.52. The summed E-state index contributed by atoms with van der Waals surface area (Å²) in [5, 5.41) is 3.43. The molecule has 3 nitrogen and oxygen atoms in total. The molecule has 0 radical (unpaired) electrons. The highest BCUT2D eigenvalue weighted by Gasteiger charge is 2.07. The Morgan fingerprint density at radius 1 is 1.30 bits per heavy atom. The van der Waals surface area contributed by atoms with Crippen LogP contribution in [0.15, 0.2) is 46.9 Å². The highest BCUT2D eigenvalue weighted by Crippen LogP contribution is 2.23. The molecule has 0 unspecified atom stereocenters. The summed E-state index contributed by atoms with van der Waals surface area (Å²) in [7, 11) is 1.61. The third kappa shape index (κ3) is 3.74. The van der Waals surface area contributed by atoms with Gasteiger partial charge in [0.2, 0.25) is 0 Å². The van der Waals surface area contributed by atoms with Gasteiger partial charge >= 0.3 is 0 Å². The van der Waals surface area contributed by atoms with Crippen molar-refractivity contribution in [1.29, 1.82) is 0 Å². The Bertz CT molecular complexity index is 631. The minimum atomic E-state index is -0.148. The third-order valence-corrected chi connectivity index (χ3v) is 3.98. The molecule has 0 fully saturated rings. The first-order valence-corrected chi connectivity index (χ1v) is 7.13. The summed E-state index contributed by atoms with van der Waals surface area (Å²) in [6, 6.07) is 12.6. The minimum Gasteiger partial charge on any atom is -0.497 e. The molecule has 0 atom stereocenters. The number of benzene rings is 2. The van der Waals surface area contributed by atoms with Crippen LogP contribution in [0, 0.1) is 0 Å². The molecule has 5 heteroatoms. The maximum absolute atomic E-state index is 12.0. The van der Waals surface area contributed by atoms with Gasteiger partial charge in [0, 0.05) is 16.6 Å². The molecule has 0 saturated heterocycles. The summed E-state index contributed by atoms with van der Waals surface area (Å²) in [5.74, 6) is 0.621. The zero-order chi connectivity index (χ0) is 14.5. The largest absolute Gasteiger partial charge is 0.497 e. The number of methoxy groups -OCH3 is 1. The minimum absolute atomic E-state index is 0.148. The van der Waals surface area contributed by atoms with Crippen LogP contribution >= 0.6 is 27.5 Å². The van der Waals surface area contributed by atoms with Crippen molar-refractivity contribution in [2.24, 2.45) is 0 Å². The van der Waals surface area contributed by atoms with E-state index in [4.69, 9.17) is 16.3 Å². The van der Waals surface area contributed by atoms with Gasteiger partial charge in [-0.25, -0.2) is 0 Å². The first-order valence-electron chi connectivity index (χ1n) is 5.96. The monoisotopic (exact) mass is 353 g/mol. The molecule has 104 valence electrons. The van der Waals surface area contributed by atoms with Crippen LogP contribution in [0.1, 0.15) is 15.9 Å². The van der Waals surface area contributed by atoms with Crippen molar-refractivity contribution < 1.29 is 9.53 Å². The Kier molecular flexibility index (Phi) is 5.04. The highest BCUT2D eigenvalue weighted by molar-refractivity contribution is 9.10. The number of nitrogens with one attached hydrogen (secondary N) is 1. The Morgan fingerprint density at radius 2 is 2.10 bits per heavy atom. The average molecular weight is 355 g/mol. The summed E-state index contributed by atoms with van der Waals surface area (Å²) in [5.41, 5.74) is 1.54. The second-order valence-electron chi connectivity index (χ2n) is 4.16. The van der Waals surface area contributed by atoms with Gasteiger partial charge in [0.25, 0.3) is 5.91 Å². The summed E-state index contributed by atoms with van der Waals surface area (Å²) in [6.45, 7) is 0.441. The molecule has 0 aliphatic rings. The smallest absolute Gasteiger partial charge is 0.251 e. The second kappa shape index (κ2) is 6.77. The number of hydrogen-bond acceptors (Lipinski definition) is 2. The van der Waals surface area contributed by atoms with E-state index >= 15 is 0 Å². The van der Waals surface area contributed by atoms with E-state index in [-0.39, 0.29) is 5.91 Å². The van der Waals surface area contributed by atoms with E-state index in [0.29, 0.717) is 21.6 Å². The molecule has 2 rings (SSSR count). The number of carbonyl (C=O) groups is 1. The lowest BCUT2D eigenvalue weighted by atomic mass is 10.2. The molecular formula is C15H13BrClNO2. The van der Waals surface area contributed by atoms with Gasteiger partial charge in [0.05, 0.1) is 12.1 Å². The normalized spacial score (nSPS) is 10.2. The molecule has 1 N–H and O–H groups in total. The molecule has 0 aliphatic heterocycles. The van der Waals surface area contributed by atoms with E-state index in [0.717, 1.165) is 11.3 Å². The van der Waals surface area contributed by atoms with Crippen molar-refractivity contribution in [3.63, 3.8) is 0 Å². The molecule has 0 aliphatic carbocycles. The van der Waals surface area contributed by atoms with Crippen LogP contribution in [0.2, 0.25) is 5.02 Å². The van der Waals surface area contributed by atoms with Crippen LogP contribution in [0.5, 0.6) is 5.75 Å². The van der Waals surface area contributed by atoms with Gasteiger partial charge in [0.1, 0.15) is 5.75 Å². The van der Waals surface area contributed by atoms with Crippen molar-refractivity contribution in [3.05, 3.63) is 63.1 Å². The first kappa shape index (κ1) is 14.9. The fourth-order valence-corrected chi connectivity index (χ4v) is 2.20. The van der Waals surface area contributed by atoms with E-state index in [1.165, 1.54) is 0 Å². The van der Waals surface area contributed by atoms with Gasteiger partial charge in [-0.05, 0) is 51.8 Å². The quantitative estimate of drug-likeness (QED) is 0.900. The molecule has 0 spiro atoms. The van der Waals surface area contributed by atoms with E-state index in [1.54, 1.807) is 25.3 Å². The van der Waals surface area contributed by atoms with Gasteiger partial charge in [-0.15, -0.1) is 0 Å². The predicted octanol–water partition coefficient (Wildman–Crippen LogP) is 4.04. The molecule has 1 amide bonds. The summed E-state index contributed by atoms with van der Waals surface area (Å²) in [4.78, 5) is 12.0. The molecule has 2 aromatic carbocycles. The lowest BCUT2D eigenvalue weighted by molar-refractivity contribution is 0.0951. The van der Waals surface area contributed by atoms with E-state index in [9.17, 15) is 4.79 Å². The topological polar surface area (TPSA) is 38.3 Å². The number of amides is 1. The molecular weight excluding hydrogens is 342 g/mol. The van der Waals surface area contributed by atoms with E-state index < -0.39 is 0 Å². The van der Waals surface area contributed by atoms with Gasteiger partial charge in [-0.1, -0.05) is 23.7 Å². The number of hydrogen-bond donors (Lipinski definition) is 1. The van der Waals surface area contributed by atoms with Crippen molar-refractivity contribution >= 4 is 33.4 Å². The summed E-state index contributed by atoms with van der Waals surface area (Å²) < 4.78 is 5.84. The number of rotatable bonds is 4. The van der Waals surface area contributed by atoms with Gasteiger partial charge in [-0.3, -0.25) is 4.79 Å². The van der Waals surface area contributed by atoms with Gasteiger partial charge < -0.3 is 10.1 Å². The van der Waals surface area contributed by atoms with Crippen LogP contribution in [0.3, 0.4) is 0 Å². The van der Waals surface area contributed by atoms with Crippen molar-refractivity contribution in [2.45, 2.75) is 6.54 Å². The van der Waals surface area contributed by atoms with Crippen molar-refractivity contribution in [2.75, 3.05) is 7.11 Å². The molecule has 2 aromatic rings. The second-order valence-corrected chi connectivity index (χ2v) is 5.42. The standard InChI is InChI=1S/C15H13BrClNO2/c1-20-12-4-2-3-10(7-12)9-18-15(19)11-5-6-14(17)13(16)8-11/h2-8H,9H2,1H3,(H,18,19). The van der Waals surface area contributed by atoms with Crippen LogP contribution in [-0.4, -0.2) is 13.0 Å². The van der Waals surface area contributed by atoms with E-state index in [1.807, 2.05) is 24.3 Å². The fraction of sp³-hybridized carbons (Fsp3) is 0.133. The number of carbonyl (C=O) groups excluding carboxylic acids is 1. The molecule has 0 saturated carbocycles. The maximum Gasteiger partial charge on any atom is 0.251 e. The van der Waals surface area contributed by atoms with Gasteiger partial charge in [0.15, 0.2) is 0 Å². The van der Waals surface area contributed by atoms with Crippen LogP contribution in [0.25, 0.3) is 0 Å². The zero-order valence-corrected chi connectivity index (χ0v) is 13.2. The lowest BCUT2D eigenvalue weighted by Crippen LogP contribution is -2.22. The Balaban J connectivity index is 2.02. The molecule has 0 bridgehead atoms. The SMILES string of the molecule is COc1cccc(CNC(=O)c2ccc(Cl)c(Br)c2)c1. The number of ether oxygens (including phenoxy) is 1. The van der Waals surface area contributed by atoms with Crippen LogP contribution in [0.4, 0.5) is 0 Å². The predicted molar refractivity (Wildman–Crippen MR) is 83.3 cm³/mol. The van der Waals surface area contributed by atoms with E-state index in [2.05, 4.69) is 21.2 Å². The summed E-state index contributed by atoms with van der Waals surface area (Å²) >= 11 is 9.20. The average Bonchev–Trinajstić information content (AvgIpc) is 2.47. The number of halogens is 2. The first-order chi connectivity index (χ1) is 9.60. The van der Waals surface area contributed by atoms with Gasteiger partial charge in [-0.2, -0.15) is 0 Å².